The van der Waals surface area contributed by atoms with Gasteiger partial charge in [0.2, 0.25) is 10.0 Å². The van der Waals surface area contributed by atoms with E-state index in [1.807, 2.05) is 31.7 Å². The van der Waals surface area contributed by atoms with Gasteiger partial charge in [-0.3, -0.25) is 0 Å². The van der Waals surface area contributed by atoms with Crippen molar-refractivity contribution in [3.05, 3.63) is 51.7 Å². The number of nitrogens with zero attached hydrogens (tertiary/aromatic N) is 1. The lowest BCUT2D eigenvalue weighted by Crippen LogP contribution is -2.33. The number of thiophene rings is 1. The lowest BCUT2D eigenvalue weighted by Gasteiger charge is -2.20. The zero-order valence-corrected chi connectivity index (χ0v) is 15.8. The van der Waals surface area contributed by atoms with Crippen molar-refractivity contribution >= 4 is 33.1 Å². The summed E-state index contributed by atoms with van der Waals surface area (Å²) in [5.74, 6) is 0.840. The van der Waals surface area contributed by atoms with E-state index in [-0.39, 0.29) is 0 Å². The first kappa shape index (κ1) is 17.0. The molecule has 1 saturated heterocycles. The standard InChI is InChI=1S/C17H21NO2S3/c1-13-5-6-15(12-14(13)2)23(19,20)18-8-7-17(22-11-9-18)16-4-3-10-21-16/h3-6,10,12,17H,7-9,11H2,1-2H3. The molecule has 3 rings (SSSR count). The SMILES string of the molecule is Cc1ccc(S(=O)(=O)N2CCSC(c3cccs3)CC2)cc1C. The molecule has 0 saturated carbocycles. The Morgan fingerprint density at radius 3 is 2.65 bits per heavy atom. The Morgan fingerprint density at radius 1 is 1.13 bits per heavy atom. The van der Waals surface area contributed by atoms with Gasteiger partial charge in [-0.05, 0) is 55.0 Å². The van der Waals surface area contributed by atoms with Crippen LogP contribution in [0.3, 0.4) is 0 Å². The molecule has 1 aromatic heterocycles. The molecule has 1 aromatic carbocycles. The Morgan fingerprint density at radius 2 is 1.96 bits per heavy atom. The highest BCUT2D eigenvalue weighted by Gasteiger charge is 2.28. The van der Waals surface area contributed by atoms with E-state index >= 15 is 0 Å². The minimum Gasteiger partial charge on any atom is -0.207 e. The normalized spacial score (nSPS) is 20.3. The van der Waals surface area contributed by atoms with Crippen LogP contribution in [0.5, 0.6) is 0 Å². The summed E-state index contributed by atoms with van der Waals surface area (Å²) >= 11 is 3.63. The van der Waals surface area contributed by atoms with Crippen LogP contribution in [-0.2, 0) is 10.0 Å². The molecule has 0 amide bonds. The summed E-state index contributed by atoms with van der Waals surface area (Å²) in [5, 5.41) is 2.50. The van der Waals surface area contributed by atoms with Gasteiger partial charge in [-0.15, -0.1) is 11.3 Å². The molecule has 1 aliphatic heterocycles. The second kappa shape index (κ2) is 6.97. The molecule has 1 aliphatic rings. The molecule has 2 aromatic rings. The number of sulfonamides is 1. The third kappa shape index (κ3) is 3.65. The highest BCUT2D eigenvalue weighted by atomic mass is 32.2. The highest BCUT2D eigenvalue weighted by Crippen LogP contribution is 2.37. The Bertz CT molecular complexity index is 769. The Hall–Kier alpha value is -0.820. The molecule has 0 radical (unpaired) electrons. The van der Waals surface area contributed by atoms with Gasteiger partial charge in [-0.2, -0.15) is 16.1 Å². The van der Waals surface area contributed by atoms with Crippen LogP contribution in [0.2, 0.25) is 0 Å². The maximum absolute atomic E-state index is 12.9. The van der Waals surface area contributed by atoms with Gasteiger partial charge in [0, 0.05) is 29.0 Å². The summed E-state index contributed by atoms with van der Waals surface area (Å²) in [6.07, 6.45) is 0.870. The van der Waals surface area contributed by atoms with Crippen LogP contribution in [0.15, 0.2) is 40.6 Å². The number of rotatable bonds is 3. The van der Waals surface area contributed by atoms with Crippen molar-refractivity contribution in [2.24, 2.45) is 0 Å². The van der Waals surface area contributed by atoms with E-state index in [4.69, 9.17) is 0 Å². The summed E-state index contributed by atoms with van der Waals surface area (Å²) in [4.78, 5) is 1.76. The van der Waals surface area contributed by atoms with Crippen molar-refractivity contribution in [3.8, 4) is 0 Å². The van der Waals surface area contributed by atoms with E-state index in [1.165, 1.54) is 4.88 Å². The monoisotopic (exact) mass is 367 g/mol. The molecule has 1 unspecified atom stereocenters. The van der Waals surface area contributed by atoms with Crippen molar-refractivity contribution in [3.63, 3.8) is 0 Å². The summed E-state index contributed by atoms with van der Waals surface area (Å²) in [7, 11) is -3.39. The van der Waals surface area contributed by atoms with E-state index in [0.29, 0.717) is 23.2 Å². The topological polar surface area (TPSA) is 37.4 Å². The van der Waals surface area contributed by atoms with Crippen molar-refractivity contribution in [1.82, 2.24) is 4.31 Å². The molecular formula is C17H21NO2S3. The van der Waals surface area contributed by atoms with Crippen LogP contribution in [-0.4, -0.2) is 31.6 Å². The summed E-state index contributed by atoms with van der Waals surface area (Å²) in [5.41, 5.74) is 2.14. The number of hydrogen-bond donors (Lipinski definition) is 0. The minimum absolute atomic E-state index is 0.412. The first-order valence-corrected chi connectivity index (χ1v) is 11.1. The van der Waals surface area contributed by atoms with Crippen LogP contribution >= 0.6 is 23.1 Å². The molecule has 124 valence electrons. The Kier molecular flexibility index (Phi) is 5.16. The van der Waals surface area contributed by atoms with Gasteiger partial charge in [0.15, 0.2) is 0 Å². The van der Waals surface area contributed by atoms with Gasteiger partial charge in [0.1, 0.15) is 0 Å². The van der Waals surface area contributed by atoms with E-state index in [1.54, 1.807) is 27.8 Å². The van der Waals surface area contributed by atoms with Gasteiger partial charge in [0.05, 0.1) is 4.90 Å². The molecule has 0 N–H and O–H groups in total. The molecule has 0 bridgehead atoms. The minimum atomic E-state index is -3.39. The van der Waals surface area contributed by atoms with E-state index in [0.717, 1.165) is 23.3 Å². The molecule has 23 heavy (non-hydrogen) atoms. The van der Waals surface area contributed by atoms with Crippen molar-refractivity contribution in [2.45, 2.75) is 30.4 Å². The maximum Gasteiger partial charge on any atom is 0.243 e. The number of benzene rings is 1. The Balaban J connectivity index is 1.79. The molecule has 1 fully saturated rings. The largest absolute Gasteiger partial charge is 0.243 e. The lowest BCUT2D eigenvalue weighted by atomic mass is 10.1. The van der Waals surface area contributed by atoms with Crippen molar-refractivity contribution in [2.75, 3.05) is 18.8 Å². The van der Waals surface area contributed by atoms with E-state index < -0.39 is 10.0 Å². The fraction of sp³-hybridized carbons (Fsp3) is 0.412. The van der Waals surface area contributed by atoms with Crippen LogP contribution in [0.1, 0.15) is 27.7 Å². The highest BCUT2D eigenvalue weighted by molar-refractivity contribution is 7.99. The van der Waals surface area contributed by atoms with Crippen molar-refractivity contribution < 1.29 is 8.42 Å². The second-order valence-corrected chi connectivity index (χ2v) is 10.0. The van der Waals surface area contributed by atoms with Gasteiger partial charge < -0.3 is 0 Å². The predicted molar refractivity (Wildman–Crippen MR) is 98.8 cm³/mol. The van der Waals surface area contributed by atoms with Gasteiger partial charge in [-0.1, -0.05) is 12.1 Å². The van der Waals surface area contributed by atoms with Gasteiger partial charge >= 0.3 is 0 Å². The average molecular weight is 368 g/mol. The van der Waals surface area contributed by atoms with Crippen molar-refractivity contribution in [1.29, 1.82) is 0 Å². The second-order valence-electron chi connectivity index (χ2n) is 5.81. The van der Waals surface area contributed by atoms with Crippen LogP contribution < -0.4 is 0 Å². The first-order chi connectivity index (χ1) is 11.0. The Labute approximate surface area is 146 Å². The van der Waals surface area contributed by atoms with Gasteiger partial charge in [0.25, 0.3) is 0 Å². The van der Waals surface area contributed by atoms with Crippen LogP contribution in [0.4, 0.5) is 0 Å². The third-order valence-electron chi connectivity index (χ3n) is 4.28. The molecule has 1 atom stereocenters. The summed E-state index contributed by atoms with van der Waals surface area (Å²) in [6.45, 7) is 5.13. The molecule has 2 heterocycles. The molecular weight excluding hydrogens is 346 g/mol. The number of aryl methyl sites for hydroxylation is 2. The summed E-state index contributed by atoms with van der Waals surface area (Å²) < 4.78 is 27.5. The fourth-order valence-electron chi connectivity index (χ4n) is 2.72. The molecule has 6 heteroatoms. The first-order valence-electron chi connectivity index (χ1n) is 7.71. The van der Waals surface area contributed by atoms with E-state index in [9.17, 15) is 8.42 Å². The van der Waals surface area contributed by atoms with Crippen LogP contribution in [0, 0.1) is 13.8 Å². The predicted octanol–water partition coefficient (Wildman–Crippen LogP) is 4.23. The fourth-order valence-corrected chi connectivity index (χ4v) is 6.61. The third-order valence-corrected chi connectivity index (χ3v) is 8.62. The van der Waals surface area contributed by atoms with Crippen LogP contribution in [0.25, 0.3) is 0 Å². The molecule has 0 spiro atoms. The number of thioether (sulfide) groups is 1. The quantitative estimate of drug-likeness (QED) is 0.814. The van der Waals surface area contributed by atoms with E-state index in [2.05, 4.69) is 17.5 Å². The summed E-state index contributed by atoms with van der Waals surface area (Å²) in [6, 6.07) is 9.63. The lowest BCUT2D eigenvalue weighted by molar-refractivity contribution is 0.428. The average Bonchev–Trinajstić information content (AvgIpc) is 2.94. The molecule has 0 aliphatic carbocycles. The smallest absolute Gasteiger partial charge is 0.207 e. The molecule has 3 nitrogen and oxygen atoms in total. The maximum atomic E-state index is 12.9. The zero-order chi connectivity index (χ0) is 16.4. The number of hydrogen-bond acceptors (Lipinski definition) is 4. The zero-order valence-electron chi connectivity index (χ0n) is 13.4. The van der Waals surface area contributed by atoms with Gasteiger partial charge in [-0.25, -0.2) is 8.42 Å².